The Balaban J connectivity index is 1.43. The predicted octanol–water partition coefficient (Wildman–Crippen LogP) is 4.01. The fourth-order valence-electron chi connectivity index (χ4n) is 2.92. The second kappa shape index (κ2) is 8.34. The van der Waals surface area contributed by atoms with E-state index in [0.29, 0.717) is 9.88 Å². The first-order chi connectivity index (χ1) is 14.5. The summed E-state index contributed by atoms with van der Waals surface area (Å²) < 4.78 is 6.76. The summed E-state index contributed by atoms with van der Waals surface area (Å²) >= 11 is 1.22. The Bertz CT molecular complexity index is 1130. The first-order valence-corrected chi connectivity index (χ1v) is 10.0. The van der Waals surface area contributed by atoms with Gasteiger partial charge in [-0.3, -0.25) is 9.59 Å². The summed E-state index contributed by atoms with van der Waals surface area (Å²) in [5.41, 5.74) is 1.89. The Morgan fingerprint density at radius 3 is 2.63 bits per heavy atom. The molecule has 152 valence electrons. The lowest BCUT2D eigenvalue weighted by Gasteiger charge is -2.25. The Morgan fingerprint density at radius 1 is 1.17 bits per heavy atom. The van der Waals surface area contributed by atoms with E-state index in [1.807, 2.05) is 31.2 Å². The van der Waals surface area contributed by atoms with Gasteiger partial charge < -0.3 is 14.6 Å². The first kappa shape index (κ1) is 19.6. The van der Waals surface area contributed by atoms with Crippen LogP contribution < -0.4 is 5.32 Å². The lowest BCUT2D eigenvalue weighted by Crippen LogP contribution is -2.29. The third-order valence-electron chi connectivity index (χ3n) is 4.76. The number of furan rings is 1. The standard InChI is InChI=1S/C21H19N5O3S/c1-14(15-5-7-16(8-6-15)26-13-22-12-23-26)25(2)21(28)18-9-10-19(30-18)24-20(27)17-4-3-11-29-17/h3-14H,1-2H3,(H,24,27)/t14-/m1/s1. The fraction of sp³-hybridized carbons (Fsp3) is 0.143. The molecule has 1 N–H and O–H groups in total. The molecular weight excluding hydrogens is 402 g/mol. The summed E-state index contributed by atoms with van der Waals surface area (Å²) in [6, 6.07) is 14.3. The zero-order chi connectivity index (χ0) is 21.1. The third kappa shape index (κ3) is 4.01. The van der Waals surface area contributed by atoms with E-state index >= 15 is 0 Å². The van der Waals surface area contributed by atoms with E-state index in [-0.39, 0.29) is 23.6 Å². The van der Waals surface area contributed by atoms with E-state index in [9.17, 15) is 9.59 Å². The number of amides is 2. The molecule has 3 aromatic heterocycles. The van der Waals surface area contributed by atoms with E-state index in [1.165, 1.54) is 23.9 Å². The highest BCUT2D eigenvalue weighted by Gasteiger charge is 2.21. The van der Waals surface area contributed by atoms with Crippen molar-refractivity contribution in [3.05, 3.63) is 83.6 Å². The van der Waals surface area contributed by atoms with Crippen molar-refractivity contribution in [2.75, 3.05) is 12.4 Å². The fourth-order valence-corrected chi connectivity index (χ4v) is 3.81. The number of nitrogens with zero attached hydrogens (tertiary/aromatic N) is 4. The number of nitrogens with one attached hydrogen (secondary N) is 1. The van der Waals surface area contributed by atoms with Gasteiger partial charge in [-0.25, -0.2) is 9.67 Å². The van der Waals surface area contributed by atoms with Crippen LogP contribution in [-0.2, 0) is 0 Å². The van der Waals surface area contributed by atoms with E-state index in [2.05, 4.69) is 15.4 Å². The molecule has 0 radical (unpaired) electrons. The maximum atomic E-state index is 12.9. The van der Waals surface area contributed by atoms with Gasteiger partial charge in [0.2, 0.25) is 0 Å². The van der Waals surface area contributed by atoms with Crippen molar-refractivity contribution in [1.29, 1.82) is 0 Å². The molecule has 4 aromatic rings. The Labute approximate surface area is 176 Å². The molecule has 0 aliphatic heterocycles. The molecule has 2 amide bonds. The number of hydrogen-bond acceptors (Lipinski definition) is 6. The number of carbonyl (C=O) groups is 2. The van der Waals surface area contributed by atoms with Crippen molar-refractivity contribution in [2.24, 2.45) is 0 Å². The zero-order valence-corrected chi connectivity index (χ0v) is 17.2. The number of hydrogen-bond donors (Lipinski definition) is 1. The summed E-state index contributed by atoms with van der Waals surface area (Å²) in [5, 5.41) is 7.43. The van der Waals surface area contributed by atoms with Crippen LogP contribution in [-0.4, -0.2) is 38.5 Å². The molecule has 0 aliphatic rings. The van der Waals surface area contributed by atoms with Gasteiger partial charge in [0.1, 0.15) is 12.7 Å². The molecule has 8 nitrogen and oxygen atoms in total. The largest absolute Gasteiger partial charge is 0.459 e. The quantitative estimate of drug-likeness (QED) is 0.508. The number of benzene rings is 1. The van der Waals surface area contributed by atoms with Crippen LogP contribution >= 0.6 is 11.3 Å². The Kier molecular flexibility index (Phi) is 5.44. The van der Waals surface area contributed by atoms with Gasteiger partial charge in [-0.2, -0.15) is 5.10 Å². The second-order valence-corrected chi connectivity index (χ2v) is 7.70. The molecule has 30 heavy (non-hydrogen) atoms. The third-order valence-corrected chi connectivity index (χ3v) is 5.75. The molecule has 0 aliphatic carbocycles. The number of thiophene rings is 1. The molecule has 0 fully saturated rings. The summed E-state index contributed by atoms with van der Waals surface area (Å²) in [6.45, 7) is 1.97. The minimum absolute atomic E-state index is 0.119. The van der Waals surface area contributed by atoms with Crippen LogP contribution in [0, 0.1) is 0 Å². The Hall–Kier alpha value is -3.72. The molecule has 0 spiro atoms. The van der Waals surface area contributed by atoms with Crippen LogP contribution in [0.15, 0.2) is 71.9 Å². The van der Waals surface area contributed by atoms with Crippen molar-refractivity contribution >= 4 is 28.2 Å². The topological polar surface area (TPSA) is 93.3 Å². The van der Waals surface area contributed by atoms with Crippen LogP contribution in [0.4, 0.5) is 5.00 Å². The maximum absolute atomic E-state index is 12.9. The summed E-state index contributed by atoms with van der Waals surface area (Å²) in [4.78, 5) is 31.2. The van der Waals surface area contributed by atoms with Gasteiger partial charge in [0, 0.05) is 7.05 Å². The van der Waals surface area contributed by atoms with Gasteiger partial charge in [0.05, 0.1) is 27.9 Å². The van der Waals surface area contributed by atoms with Gasteiger partial charge in [-0.05, 0) is 48.9 Å². The predicted molar refractivity (Wildman–Crippen MR) is 113 cm³/mol. The van der Waals surface area contributed by atoms with Gasteiger partial charge in [-0.15, -0.1) is 11.3 Å². The highest BCUT2D eigenvalue weighted by molar-refractivity contribution is 7.18. The highest BCUT2D eigenvalue weighted by atomic mass is 32.1. The molecule has 0 bridgehead atoms. The smallest absolute Gasteiger partial charge is 0.291 e. The number of rotatable bonds is 6. The van der Waals surface area contributed by atoms with Crippen LogP contribution in [0.2, 0.25) is 0 Å². The molecule has 0 saturated heterocycles. The summed E-state index contributed by atoms with van der Waals surface area (Å²) in [7, 11) is 1.76. The van der Waals surface area contributed by atoms with Crippen molar-refractivity contribution in [1.82, 2.24) is 19.7 Å². The van der Waals surface area contributed by atoms with Crippen LogP contribution in [0.25, 0.3) is 5.69 Å². The van der Waals surface area contributed by atoms with Gasteiger partial charge in [-0.1, -0.05) is 12.1 Å². The van der Waals surface area contributed by atoms with Crippen molar-refractivity contribution in [3.63, 3.8) is 0 Å². The van der Waals surface area contributed by atoms with Crippen molar-refractivity contribution in [2.45, 2.75) is 13.0 Å². The van der Waals surface area contributed by atoms with Crippen LogP contribution in [0.5, 0.6) is 0 Å². The van der Waals surface area contributed by atoms with E-state index in [1.54, 1.807) is 47.2 Å². The second-order valence-electron chi connectivity index (χ2n) is 6.62. The van der Waals surface area contributed by atoms with Crippen molar-refractivity contribution in [3.8, 4) is 5.69 Å². The number of anilines is 1. The molecule has 1 atom stereocenters. The van der Waals surface area contributed by atoms with Gasteiger partial charge >= 0.3 is 0 Å². The average Bonchev–Trinajstić information content (AvgIpc) is 3.54. The molecule has 3 heterocycles. The van der Waals surface area contributed by atoms with Gasteiger partial charge in [0.25, 0.3) is 11.8 Å². The van der Waals surface area contributed by atoms with Gasteiger partial charge in [0.15, 0.2) is 5.76 Å². The van der Waals surface area contributed by atoms with E-state index in [0.717, 1.165) is 11.3 Å². The molecular formula is C21H19N5O3S. The lowest BCUT2D eigenvalue weighted by atomic mass is 10.1. The summed E-state index contributed by atoms with van der Waals surface area (Å²) in [6.07, 6.45) is 4.55. The first-order valence-electron chi connectivity index (χ1n) is 9.20. The average molecular weight is 421 g/mol. The lowest BCUT2D eigenvalue weighted by molar-refractivity contribution is 0.0747. The normalized spacial score (nSPS) is 11.8. The molecule has 9 heteroatoms. The molecule has 0 unspecified atom stereocenters. The minimum Gasteiger partial charge on any atom is -0.459 e. The van der Waals surface area contributed by atoms with Crippen molar-refractivity contribution < 1.29 is 14.0 Å². The molecule has 0 saturated carbocycles. The van der Waals surface area contributed by atoms with E-state index in [4.69, 9.17) is 4.42 Å². The minimum atomic E-state index is -0.352. The maximum Gasteiger partial charge on any atom is 0.291 e. The van der Waals surface area contributed by atoms with Crippen LogP contribution in [0.3, 0.4) is 0 Å². The monoisotopic (exact) mass is 421 g/mol. The van der Waals surface area contributed by atoms with E-state index < -0.39 is 0 Å². The number of carbonyl (C=O) groups excluding carboxylic acids is 2. The summed E-state index contributed by atoms with van der Waals surface area (Å²) in [5.74, 6) is -0.252. The molecule has 4 rings (SSSR count). The zero-order valence-electron chi connectivity index (χ0n) is 16.4. The molecule has 1 aromatic carbocycles. The number of aromatic nitrogens is 3. The Morgan fingerprint density at radius 2 is 1.97 bits per heavy atom. The SMILES string of the molecule is C[C@H](c1ccc(-n2cncn2)cc1)N(C)C(=O)c1ccc(NC(=O)c2ccco2)s1. The highest BCUT2D eigenvalue weighted by Crippen LogP contribution is 2.27. The van der Waals surface area contributed by atoms with Crippen LogP contribution in [0.1, 0.15) is 38.8 Å².